The van der Waals surface area contributed by atoms with Crippen molar-refractivity contribution in [3.8, 4) is 28.7 Å². The second-order valence-electron chi connectivity index (χ2n) is 14.9. The largest absolute Gasteiger partial charge is 0.497 e. The fourth-order valence-corrected chi connectivity index (χ4v) is 9.42. The van der Waals surface area contributed by atoms with E-state index in [1.54, 1.807) is 7.11 Å². The normalized spacial score (nSPS) is 18.0. The van der Waals surface area contributed by atoms with E-state index in [9.17, 15) is 5.26 Å². The molecule has 54 heavy (non-hydrogen) atoms. The highest BCUT2D eigenvalue weighted by molar-refractivity contribution is 6.09. The van der Waals surface area contributed by atoms with Crippen molar-refractivity contribution in [2.45, 2.75) is 64.4 Å². The highest BCUT2D eigenvalue weighted by atomic mass is 16.5. The fraction of sp³-hybridized carbons (Fsp3) is 0.354. The molecule has 5 aromatic carbocycles. The smallest absolute Gasteiger partial charge is 0.178 e. The number of rotatable bonds is 11. The van der Waals surface area contributed by atoms with E-state index in [4.69, 9.17) is 14.2 Å². The standard InChI is InChI=1S/C48H51N3O3/c1-6-24-50(25-7-2)36-15-11-34(12-16-36)48(35-13-17-37(18-14-35)51-26-28-53-29-27-51)23-22-41-45-44(39-21-19-38(52-5)31-42(39)46(41)54-48)40-20-10-33(32-49)30-43(40)47(45,8-3)9-4/h10-23,30-31H,6-9,24-29H2,1-5H3. The van der Waals surface area contributed by atoms with Crippen LogP contribution in [-0.4, -0.2) is 46.5 Å². The summed E-state index contributed by atoms with van der Waals surface area (Å²) in [5, 5.41) is 12.1. The van der Waals surface area contributed by atoms with Crippen LogP contribution >= 0.6 is 0 Å². The second kappa shape index (κ2) is 14.5. The fourth-order valence-electron chi connectivity index (χ4n) is 9.42. The van der Waals surface area contributed by atoms with E-state index in [-0.39, 0.29) is 5.41 Å². The van der Waals surface area contributed by atoms with Gasteiger partial charge in [0.15, 0.2) is 5.60 Å². The average molecular weight is 718 g/mol. The van der Waals surface area contributed by atoms with E-state index in [1.807, 2.05) is 6.07 Å². The van der Waals surface area contributed by atoms with Crippen molar-refractivity contribution in [1.82, 2.24) is 0 Å². The maximum Gasteiger partial charge on any atom is 0.178 e. The van der Waals surface area contributed by atoms with Crippen molar-refractivity contribution in [2.75, 3.05) is 56.3 Å². The van der Waals surface area contributed by atoms with Crippen LogP contribution in [0, 0.1) is 11.3 Å². The Hall–Kier alpha value is -5.25. The predicted octanol–water partition coefficient (Wildman–Crippen LogP) is 10.6. The van der Waals surface area contributed by atoms with E-state index in [0.29, 0.717) is 5.56 Å². The first-order valence-corrected chi connectivity index (χ1v) is 19.8. The quantitative estimate of drug-likeness (QED) is 0.136. The van der Waals surface area contributed by atoms with Crippen LogP contribution in [-0.2, 0) is 15.8 Å². The molecule has 1 aliphatic carbocycles. The Bertz CT molecular complexity index is 2240. The van der Waals surface area contributed by atoms with Gasteiger partial charge in [0.25, 0.3) is 0 Å². The monoisotopic (exact) mass is 717 g/mol. The lowest BCUT2D eigenvalue weighted by molar-refractivity contribution is 0.122. The molecule has 6 nitrogen and oxygen atoms in total. The molecule has 0 aromatic heterocycles. The molecule has 0 amide bonds. The third kappa shape index (κ3) is 5.64. The van der Waals surface area contributed by atoms with Gasteiger partial charge in [-0.15, -0.1) is 0 Å². The van der Waals surface area contributed by atoms with Gasteiger partial charge in [0, 0.05) is 65.0 Å². The lowest BCUT2D eigenvalue weighted by Gasteiger charge is -2.40. The minimum atomic E-state index is -0.889. The number of benzene rings is 5. The van der Waals surface area contributed by atoms with Crippen LogP contribution in [0.3, 0.4) is 0 Å². The predicted molar refractivity (Wildman–Crippen MR) is 221 cm³/mol. The zero-order valence-corrected chi connectivity index (χ0v) is 32.4. The third-order valence-electron chi connectivity index (χ3n) is 12.2. The molecule has 1 unspecified atom stereocenters. The van der Waals surface area contributed by atoms with Gasteiger partial charge in [-0.1, -0.05) is 64.1 Å². The van der Waals surface area contributed by atoms with Gasteiger partial charge in [0.1, 0.15) is 11.5 Å². The number of morpholine rings is 1. The number of anilines is 2. The van der Waals surface area contributed by atoms with Crippen molar-refractivity contribution < 1.29 is 14.2 Å². The lowest BCUT2D eigenvalue weighted by Crippen LogP contribution is -2.37. The van der Waals surface area contributed by atoms with Crippen LogP contribution in [0.1, 0.15) is 86.8 Å². The van der Waals surface area contributed by atoms with Crippen LogP contribution in [0.15, 0.2) is 91.0 Å². The van der Waals surface area contributed by atoms with Gasteiger partial charge in [-0.25, -0.2) is 0 Å². The summed E-state index contributed by atoms with van der Waals surface area (Å²) in [5.74, 6) is 1.65. The summed E-state index contributed by atoms with van der Waals surface area (Å²) in [4.78, 5) is 4.87. The lowest BCUT2D eigenvalue weighted by atomic mass is 9.71. The number of hydrogen-bond acceptors (Lipinski definition) is 6. The number of methoxy groups -OCH3 is 1. The Morgan fingerprint density at radius 2 is 1.50 bits per heavy atom. The number of ether oxygens (including phenoxy) is 3. The van der Waals surface area contributed by atoms with E-state index in [1.165, 1.54) is 33.6 Å². The molecule has 0 N–H and O–H groups in total. The van der Waals surface area contributed by atoms with Crippen molar-refractivity contribution in [3.63, 3.8) is 0 Å². The van der Waals surface area contributed by atoms with Gasteiger partial charge in [0.2, 0.25) is 0 Å². The van der Waals surface area contributed by atoms with Crippen molar-refractivity contribution in [2.24, 2.45) is 0 Å². The number of nitrogens with zero attached hydrogens (tertiary/aromatic N) is 3. The van der Waals surface area contributed by atoms with Gasteiger partial charge in [0.05, 0.1) is 32.0 Å². The van der Waals surface area contributed by atoms with E-state index >= 15 is 0 Å². The molecule has 0 saturated carbocycles. The van der Waals surface area contributed by atoms with Gasteiger partial charge in [-0.05, 0) is 114 Å². The molecule has 5 aromatic rings. The molecular formula is C48H51N3O3. The topological polar surface area (TPSA) is 58.0 Å². The van der Waals surface area contributed by atoms with Crippen LogP contribution in [0.2, 0.25) is 0 Å². The Balaban J connectivity index is 1.36. The van der Waals surface area contributed by atoms with Crippen LogP contribution in [0.5, 0.6) is 11.5 Å². The summed E-state index contributed by atoms with van der Waals surface area (Å²) < 4.78 is 19.2. The van der Waals surface area contributed by atoms with Crippen LogP contribution in [0.25, 0.3) is 28.0 Å². The average Bonchev–Trinajstić information content (AvgIpc) is 3.53. The molecule has 0 radical (unpaired) electrons. The maximum atomic E-state index is 9.98. The second-order valence-corrected chi connectivity index (χ2v) is 14.9. The summed E-state index contributed by atoms with van der Waals surface area (Å²) in [6, 6.07) is 33.1. The number of nitriles is 1. The zero-order valence-electron chi connectivity index (χ0n) is 32.4. The van der Waals surface area contributed by atoms with Gasteiger partial charge in [-0.2, -0.15) is 5.26 Å². The van der Waals surface area contributed by atoms with E-state index < -0.39 is 5.60 Å². The number of fused-ring (bicyclic) bond motifs is 8. The Morgan fingerprint density at radius 1 is 0.815 bits per heavy atom. The minimum Gasteiger partial charge on any atom is -0.497 e. The van der Waals surface area contributed by atoms with Crippen molar-refractivity contribution in [1.29, 1.82) is 5.26 Å². The highest BCUT2D eigenvalue weighted by Gasteiger charge is 2.47. The summed E-state index contributed by atoms with van der Waals surface area (Å²) in [6.07, 6.45) is 8.63. The molecule has 276 valence electrons. The first kappa shape index (κ1) is 35.8. The van der Waals surface area contributed by atoms with E-state index in [2.05, 4.69) is 135 Å². The van der Waals surface area contributed by atoms with E-state index in [0.717, 1.165) is 104 Å². The summed E-state index contributed by atoms with van der Waals surface area (Å²) in [5.41, 5.74) is 10.2. The molecule has 2 aliphatic heterocycles. The molecule has 1 fully saturated rings. The van der Waals surface area contributed by atoms with Gasteiger partial charge in [-0.3, -0.25) is 0 Å². The van der Waals surface area contributed by atoms with Crippen LogP contribution < -0.4 is 19.3 Å². The summed E-state index contributed by atoms with van der Waals surface area (Å²) in [6.45, 7) is 14.4. The molecule has 1 atom stereocenters. The molecule has 0 spiro atoms. The maximum absolute atomic E-state index is 9.98. The third-order valence-corrected chi connectivity index (χ3v) is 12.2. The van der Waals surface area contributed by atoms with Gasteiger partial charge >= 0.3 is 0 Å². The molecule has 6 heteroatoms. The Morgan fingerprint density at radius 3 is 2.13 bits per heavy atom. The summed E-state index contributed by atoms with van der Waals surface area (Å²) in [7, 11) is 1.72. The molecular weight excluding hydrogens is 667 g/mol. The Labute approximate surface area is 320 Å². The zero-order chi connectivity index (χ0) is 37.5. The SMILES string of the molecule is CCCN(CCC)c1ccc(C2(c3ccc(N4CCOCC4)cc3)C=Cc3c4c(c5ccc(OC)cc5c3O2)-c2ccc(C#N)cc2C4(CC)CC)cc1. The van der Waals surface area contributed by atoms with Crippen molar-refractivity contribution >= 4 is 28.2 Å². The molecule has 2 heterocycles. The molecule has 8 rings (SSSR count). The molecule has 3 aliphatic rings. The summed E-state index contributed by atoms with van der Waals surface area (Å²) >= 11 is 0. The first-order chi connectivity index (χ1) is 26.4. The number of hydrogen-bond donors (Lipinski definition) is 0. The molecule has 1 saturated heterocycles. The van der Waals surface area contributed by atoms with Crippen LogP contribution in [0.4, 0.5) is 11.4 Å². The van der Waals surface area contributed by atoms with Gasteiger partial charge < -0.3 is 24.0 Å². The Kier molecular flexibility index (Phi) is 9.62. The first-order valence-electron chi connectivity index (χ1n) is 19.8. The minimum absolute atomic E-state index is 0.271. The highest BCUT2D eigenvalue weighted by Crippen LogP contribution is 2.60. The molecule has 0 bridgehead atoms. The van der Waals surface area contributed by atoms with Crippen molar-refractivity contribution in [3.05, 3.63) is 124 Å².